The van der Waals surface area contributed by atoms with E-state index in [1.54, 1.807) is 19.1 Å². The van der Waals surface area contributed by atoms with Crippen molar-refractivity contribution in [1.82, 2.24) is 5.32 Å². The Balaban J connectivity index is 2.32. The van der Waals surface area contributed by atoms with Gasteiger partial charge < -0.3 is 10.1 Å². The van der Waals surface area contributed by atoms with Crippen molar-refractivity contribution in [2.24, 2.45) is 0 Å². The van der Waals surface area contributed by atoms with Gasteiger partial charge in [0.1, 0.15) is 11.8 Å². The largest absolute Gasteiger partial charge is 0.495 e. The van der Waals surface area contributed by atoms with Gasteiger partial charge in [-0.05, 0) is 75.1 Å². The van der Waals surface area contributed by atoms with Crippen LogP contribution in [0, 0.1) is 20.8 Å². The molecule has 30 heavy (non-hydrogen) atoms. The Bertz CT molecular complexity index is 1050. The molecule has 0 bridgehead atoms. The number of carbonyl (C=O) groups excluding carboxylic acids is 1. The maximum absolute atomic E-state index is 13.0. The maximum atomic E-state index is 13.0. The van der Waals surface area contributed by atoms with E-state index in [1.165, 1.54) is 18.7 Å². The molecular formula is C22H29ClN2O4S. The Morgan fingerprint density at radius 3 is 2.20 bits per heavy atom. The average Bonchev–Trinajstić information content (AvgIpc) is 2.63. The highest BCUT2D eigenvalue weighted by molar-refractivity contribution is 7.92. The van der Waals surface area contributed by atoms with E-state index in [2.05, 4.69) is 17.4 Å². The molecule has 0 aromatic heterocycles. The number of hydrogen-bond donors (Lipinski definition) is 1. The number of methoxy groups -OCH3 is 1. The number of carbonyl (C=O) groups is 1. The molecule has 0 radical (unpaired) electrons. The maximum Gasteiger partial charge on any atom is 0.244 e. The second kappa shape index (κ2) is 9.27. The minimum Gasteiger partial charge on any atom is -0.495 e. The van der Waals surface area contributed by atoms with Crippen molar-refractivity contribution in [3.63, 3.8) is 0 Å². The summed E-state index contributed by atoms with van der Waals surface area (Å²) in [6.07, 6.45) is 1.06. The predicted octanol–water partition coefficient (Wildman–Crippen LogP) is 4.31. The third-order valence-corrected chi connectivity index (χ3v) is 6.72. The molecule has 0 spiro atoms. The van der Waals surface area contributed by atoms with Crippen molar-refractivity contribution >= 4 is 33.2 Å². The SMILES string of the molecule is COc1ccc(N([C@@H](C)C(=O)N[C@H](C)c2cc(C)c(C)cc2C)S(C)(=O)=O)cc1Cl. The van der Waals surface area contributed by atoms with Crippen LogP contribution in [-0.2, 0) is 14.8 Å². The van der Waals surface area contributed by atoms with E-state index in [1.807, 2.05) is 27.7 Å². The normalized spacial score (nSPS) is 13.5. The molecule has 164 valence electrons. The predicted molar refractivity (Wildman–Crippen MR) is 122 cm³/mol. The zero-order valence-electron chi connectivity index (χ0n) is 18.4. The van der Waals surface area contributed by atoms with Gasteiger partial charge in [-0.15, -0.1) is 0 Å². The number of amides is 1. The van der Waals surface area contributed by atoms with E-state index in [9.17, 15) is 13.2 Å². The van der Waals surface area contributed by atoms with Gasteiger partial charge in [0.05, 0.1) is 30.1 Å². The van der Waals surface area contributed by atoms with Gasteiger partial charge in [0, 0.05) is 0 Å². The standard InChI is InChI=1S/C22H29ClN2O4S/c1-13-10-15(3)19(11-14(13)2)16(4)24-22(26)17(5)25(30(7,27)28)18-8-9-21(29-6)20(23)12-18/h8-12,16-17H,1-7H3,(H,24,26)/t16-,17+/m1/s1. The Labute approximate surface area is 184 Å². The quantitative estimate of drug-likeness (QED) is 0.679. The lowest BCUT2D eigenvalue weighted by molar-refractivity contribution is -0.122. The van der Waals surface area contributed by atoms with Gasteiger partial charge in [-0.3, -0.25) is 9.10 Å². The molecule has 0 saturated heterocycles. The lowest BCUT2D eigenvalue weighted by Crippen LogP contribution is -2.48. The van der Waals surface area contributed by atoms with Crippen LogP contribution in [0.2, 0.25) is 5.02 Å². The summed E-state index contributed by atoms with van der Waals surface area (Å²) in [5, 5.41) is 3.20. The molecule has 0 aliphatic carbocycles. The van der Waals surface area contributed by atoms with E-state index >= 15 is 0 Å². The van der Waals surface area contributed by atoms with Gasteiger partial charge in [-0.25, -0.2) is 8.42 Å². The molecule has 6 nitrogen and oxygen atoms in total. The molecule has 1 amide bonds. The van der Waals surface area contributed by atoms with Crippen molar-refractivity contribution < 1.29 is 17.9 Å². The number of ether oxygens (including phenoxy) is 1. The molecule has 1 N–H and O–H groups in total. The minimum absolute atomic E-state index is 0.260. The molecule has 0 heterocycles. The molecule has 0 aliphatic rings. The van der Waals surface area contributed by atoms with E-state index in [0.717, 1.165) is 27.3 Å². The number of nitrogens with one attached hydrogen (secondary N) is 1. The fourth-order valence-electron chi connectivity index (χ4n) is 3.46. The summed E-state index contributed by atoms with van der Waals surface area (Å²) in [5.41, 5.74) is 4.68. The van der Waals surface area contributed by atoms with Gasteiger partial charge in [-0.1, -0.05) is 23.7 Å². The lowest BCUT2D eigenvalue weighted by Gasteiger charge is -2.30. The molecule has 0 aliphatic heterocycles. The van der Waals surface area contributed by atoms with Crippen LogP contribution in [-0.4, -0.2) is 33.7 Å². The van der Waals surface area contributed by atoms with Crippen molar-refractivity contribution in [3.8, 4) is 5.75 Å². The molecule has 0 fully saturated rings. The first-order valence-corrected chi connectivity index (χ1v) is 11.8. The van der Waals surface area contributed by atoms with E-state index in [4.69, 9.17) is 16.3 Å². The Morgan fingerprint density at radius 2 is 1.67 bits per heavy atom. The van der Waals surface area contributed by atoms with Crippen LogP contribution >= 0.6 is 11.6 Å². The van der Waals surface area contributed by atoms with Crippen LogP contribution in [0.5, 0.6) is 5.75 Å². The van der Waals surface area contributed by atoms with E-state index < -0.39 is 22.0 Å². The number of nitrogens with zero attached hydrogens (tertiary/aromatic N) is 1. The first kappa shape index (κ1) is 24.0. The molecule has 2 aromatic carbocycles. The highest BCUT2D eigenvalue weighted by atomic mass is 35.5. The van der Waals surface area contributed by atoms with Crippen molar-refractivity contribution in [1.29, 1.82) is 0 Å². The lowest BCUT2D eigenvalue weighted by atomic mass is 9.96. The molecule has 2 rings (SSSR count). The van der Waals surface area contributed by atoms with Gasteiger partial charge in [0.2, 0.25) is 15.9 Å². The number of sulfonamides is 1. The van der Waals surface area contributed by atoms with Gasteiger partial charge in [0.15, 0.2) is 0 Å². The monoisotopic (exact) mass is 452 g/mol. The Kier molecular flexibility index (Phi) is 7.42. The second-order valence-electron chi connectivity index (χ2n) is 7.58. The zero-order chi connectivity index (χ0) is 22.8. The number of aryl methyl sites for hydroxylation is 3. The number of benzene rings is 2. The van der Waals surface area contributed by atoms with Crippen molar-refractivity contribution in [2.45, 2.75) is 46.7 Å². The van der Waals surface area contributed by atoms with E-state index in [0.29, 0.717) is 11.4 Å². The summed E-state index contributed by atoms with van der Waals surface area (Å²) in [6.45, 7) is 9.50. The first-order chi connectivity index (χ1) is 13.9. The molecular weight excluding hydrogens is 424 g/mol. The van der Waals surface area contributed by atoms with Crippen molar-refractivity contribution in [3.05, 3.63) is 57.6 Å². The number of hydrogen-bond acceptors (Lipinski definition) is 4. The molecule has 0 unspecified atom stereocenters. The van der Waals surface area contributed by atoms with Crippen LogP contribution < -0.4 is 14.4 Å². The summed E-state index contributed by atoms with van der Waals surface area (Å²) in [6, 6.07) is 7.49. The topological polar surface area (TPSA) is 75.7 Å². The van der Waals surface area contributed by atoms with Crippen LogP contribution in [0.3, 0.4) is 0 Å². The smallest absolute Gasteiger partial charge is 0.244 e. The fourth-order valence-corrected chi connectivity index (χ4v) is 4.88. The Morgan fingerprint density at radius 1 is 1.07 bits per heavy atom. The van der Waals surface area contributed by atoms with Crippen LogP contribution in [0.1, 0.15) is 42.1 Å². The summed E-state index contributed by atoms with van der Waals surface area (Å²) in [5.74, 6) is 0.0160. The molecule has 0 saturated carbocycles. The third-order valence-electron chi connectivity index (χ3n) is 5.19. The molecule has 2 atom stereocenters. The fraction of sp³-hybridized carbons (Fsp3) is 0.409. The molecule has 8 heteroatoms. The van der Waals surface area contributed by atoms with Crippen LogP contribution in [0.15, 0.2) is 30.3 Å². The highest BCUT2D eigenvalue weighted by Crippen LogP contribution is 2.31. The Hall–Kier alpha value is -2.25. The number of halogens is 1. The number of anilines is 1. The average molecular weight is 453 g/mol. The number of rotatable bonds is 7. The summed E-state index contributed by atoms with van der Waals surface area (Å²) in [7, 11) is -2.27. The highest BCUT2D eigenvalue weighted by Gasteiger charge is 2.30. The van der Waals surface area contributed by atoms with Crippen LogP contribution in [0.25, 0.3) is 0 Å². The van der Waals surface area contributed by atoms with Gasteiger partial charge in [-0.2, -0.15) is 0 Å². The van der Waals surface area contributed by atoms with Crippen molar-refractivity contribution in [2.75, 3.05) is 17.7 Å². The molecule has 2 aromatic rings. The van der Waals surface area contributed by atoms with E-state index in [-0.39, 0.29) is 11.1 Å². The second-order valence-corrected chi connectivity index (χ2v) is 9.84. The summed E-state index contributed by atoms with van der Waals surface area (Å²) >= 11 is 6.17. The zero-order valence-corrected chi connectivity index (χ0v) is 20.0. The summed E-state index contributed by atoms with van der Waals surface area (Å²) < 4.78 is 31.2. The van der Waals surface area contributed by atoms with Gasteiger partial charge >= 0.3 is 0 Å². The van der Waals surface area contributed by atoms with Crippen LogP contribution in [0.4, 0.5) is 5.69 Å². The minimum atomic E-state index is -3.75. The summed E-state index contributed by atoms with van der Waals surface area (Å²) in [4.78, 5) is 13.0. The third kappa shape index (κ3) is 5.26. The van der Waals surface area contributed by atoms with Gasteiger partial charge in [0.25, 0.3) is 0 Å². The first-order valence-electron chi connectivity index (χ1n) is 9.57.